The molecule has 1 heterocycles. The lowest BCUT2D eigenvalue weighted by atomic mass is 10.0. The van der Waals surface area contributed by atoms with Crippen molar-refractivity contribution in [3.63, 3.8) is 0 Å². The second-order valence-corrected chi connectivity index (χ2v) is 13.0. The summed E-state index contributed by atoms with van der Waals surface area (Å²) in [7, 11) is -9.54. The number of amidine groups is 1. The Morgan fingerprint density at radius 3 is 1.98 bits per heavy atom. The second kappa shape index (κ2) is 14.3. The van der Waals surface area contributed by atoms with E-state index in [2.05, 4.69) is 21.1 Å². The van der Waals surface area contributed by atoms with Crippen molar-refractivity contribution in [2.24, 2.45) is 9.98 Å². The summed E-state index contributed by atoms with van der Waals surface area (Å²) in [6.07, 6.45) is 1.69. The Bertz CT molecular complexity index is 2050. The molecule has 0 aromatic heterocycles. The lowest BCUT2D eigenvalue weighted by Gasteiger charge is -2.35. The van der Waals surface area contributed by atoms with E-state index in [-0.39, 0.29) is 40.8 Å². The van der Waals surface area contributed by atoms with Crippen LogP contribution in [0.3, 0.4) is 0 Å². The van der Waals surface area contributed by atoms with E-state index in [0.29, 0.717) is 22.8 Å². The molecule has 13 nitrogen and oxygen atoms in total. The van der Waals surface area contributed by atoms with E-state index >= 15 is 0 Å². The molecular weight excluding hydrogens is 645 g/mol. The van der Waals surface area contributed by atoms with Crippen LogP contribution in [0, 0.1) is 0 Å². The number of nitrogens with zero attached hydrogens (tertiary/aromatic N) is 3. The lowest BCUT2D eigenvalue weighted by molar-refractivity contribution is 0.195. The average Bonchev–Trinajstić information content (AvgIpc) is 3.03. The molecule has 1 aliphatic rings. The minimum atomic E-state index is -4.95. The highest BCUT2D eigenvalue weighted by molar-refractivity contribution is 7.86. The summed E-state index contributed by atoms with van der Waals surface area (Å²) in [4.78, 5) is 8.46. The van der Waals surface area contributed by atoms with Crippen LogP contribution in [-0.2, 0) is 20.2 Å². The number of anilines is 3. The van der Waals surface area contributed by atoms with Crippen LogP contribution in [0.5, 0.6) is 0 Å². The molecule has 4 aromatic rings. The molecule has 244 valence electrons. The van der Waals surface area contributed by atoms with Gasteiger partial charge >= 0.3 is 0 Å². The molecule has 1 unspecified atom stereocenters. The normalized spacial score (nSPS) is 15.3. The molecule has 0 saturated heterocycles. The Hall–Kier alpha value is -4.90. The number of rotatable bonds is 11. The van der Waals surface area contributed by atoms with Gasteiger partial charge in [0.25, 0.3) is 20.2 Å². The van der Waals surface area contributed by atoms with Crippen LogP contribution in [0.2, 0.25) is 0 Å². The fourth-order valence-electron chi connectivity index (χ4n) is 4.94. The number of hydrogen-bond acceptors (Lipinski definition) is 11. The summed E-state index contributed by atoms with van der Waals surface area (Å²) in [5.74, 6) is 0.673. The van der Waals surface area contributed by atoms with Crippen LogP contribution >= 0.6 is 0 Å². The van der Waals surface area contributed by atoms with Gasteiger partial charge in [-0.15, -0.1) is 0 Å². The fraction of sp³-hybridized carbons (Fsp3) is 0.125. The Kier molecular flexibility index (Phi) is 10.1. The molecular formula is C32H32N6O7S2. The maximum absolute atomic E-state index is 13.2. The highest BCUT2D eigenvalue weighted by Gasteiger charge is 2.32. The van der Waals surface area contributed by atoms with Gasteiger partial charge in [-0.25, -0.2) is 10.4 Å². The molecule has 15 heteroatoms. The summed E-state index contributed by atoms with van der Waals surface area (Å²) < 4.78 is 70.6. The second-order valence-electron chi connectivity index (χ2n) is 10.2. The van der Waals surface area contributed by atoms with Gasteiger partial charge in [-0.05, 0) is 48.4 Å². The van der Waals surface area contributed by atoms with E-state index in [9.17, 15) is 31.0 Å². The van der Waals surface area contributed by atoms with Crippen molar-refractivity contribution in [2.45, 2.75) is 22.9 Å². The van der Waals surface area contributed by atoms with Crippen LogP contribution in [0.4, 0.5) is 17.1 Å². The molecule has 0 spiro atoms. The van der Waals surface area contributed by atoms with E-state index in [4.69, 9.17) is 4.99 Å². The van der Waals surface area contributed by atoms with Gasteiger partial charge in [0.15, 0.2) is 6.17 Å². The molecule has 4 aromatic carbocycles. The summed E-state index contributed by atoms with van der Waals surface area (Å²) in [5.41, 5.74) is 4.69. The number of benzene rings is 4. The minimum absolute atomic E-state index is 0.0118. The maximum atomic E-state index is 13.2. The monoisotopic (exact) mass is 676 g/mol. The van der Waals surface area contributed by atoms with E-state index < -0.39 is 31.3 Å². The summed E-state index contributed by atoms with van der Waals surface area (Å²) >= 11 is 0. The van der Waals surface area contributed by atoms with Gasteiger partial charge in [0, 0.05) is 23.5 Å². The minimum Gasteiger partial charge on any atom is -0.395 e. The van der Waals surface area contributed by atoms with Crippen LogP contribution in [0.1, 0.15) is 29.8 Å². The first-order valence-corrected chi connectivity index (χ1v) is 17.1. The van der Waals surface area contributed by atoms with Crippen LogP contribution in [-0.4, -0.2) is 61.0 Å². The highest BCUT2D eigenvalue weighted by Crippen LogP contribution is 2.39. The predicted molar refractivity (Wildman–Crippen MR) is 181 cm³/mol. The zero-order valence-corrected chi connectivity index (χ0v) is 26.6. The van der Waals surface area contributed by atoms with Gasteiger partial charge in [-0.2, -0.15) is 21.8 Å². The van der Waals surface area contributed by atoms with E-state index in [1.165, 1.54) is 36.4 Å². The van der Waals surface area contributed by atoms with Crippen molar-refractivity contribution in [1.82, 2.24) is 10.4 Å². The standard InChI is InChI=1S/C32H32N6O7S2/c1-22-34-32(36-26-13-6-3-7-14-26)37-31(38(22)33-20-21-39)27-19-18-24(17-16-23-10-8-9-15-28(23)46(40,41)42)30(47(43,44)45)29(27)35-25-11-4-2-5-12-25/h2-19,31,33,35,39H,20-21H2,1H3,(H,36,37)(H,40,41,42)(H,43,44,45). The zero-order chi connectivity index (χ0) is 33.6. The first kappa shape index (κ1) is 33.5. The van der Waals surface area contributed by atoms with Crippen molar-refractivity contribution in [1.29, 1.82) is 0 Å². The molecule has 1 atom stereocenters. The van der Waals surface area contributed by atoms with Crippen LogP contribution in [0.15, 0.2) is 117 Å². The number of hydrogen-bond donors (Lipinski definition) is 6. The SMILES string of the molecule is CC1=NC(Nc2ccccc2)=NC(c2ccc(C=Cc3ccccc3S(=O)(=O)O)c(S(=O)(=O)O)c2Nc2ccccc2)N1NCCO. The number of para-hydroxylation sites is 2. The van der Waals surface area contributed by atoms with E-state index in [1.54, 1.807) is 54.4 Å². The number of hydrazine groups is 1. The van der Waals surface area contributed by atoms with Gasteiger partial charge in [0.1, 0.15) is 15.6 Å². The van der Waals surface area contributed by atoms with Crippen LogP contribution < -0.4 is 16.1 Å². The number of aliphatic hydroxyl groups excluding tert-OH is 1. The molecule has 6 N–H and O–H groups in total. The smallest absolute Gasteiger partial charge is 0.297 e. The lowest BCUT2D eigenvalue weighted by Crippen LogP contribution is -2.47. The van der Waals surface area contributed by atoms with Gasteiger partial charge in [0.05, 0.1) is 12.3 Å². The third-order valence-electron chi connectivity index (χ3n) is 6.97. The first-order chi connectivity index (χ1) is 22.5. The van der Waals surface area contributed by atoms with Gasteiger partial charge in [-0.3, -0.25) is 14.1 Å². The third-order valence-corrected chi connectivity index (χ3v) is 8.85. The number of aliphatic imine (C=N–C) groups is 2. The molecule has 47 heavy (non-hydrogen) atoms. The first-order valence-electron chi connectivity index (χ1n) is 14.3. The van der Waals surface area contributed by atoms with Crippen molar-refractivity contribution in [3.8, 4) is 0 Å². The van der Waals surface area contributed by atoms with E-state index in [0.717, 1.165) is 0 Å². The molecule has 0 fully saturated rings. The number of guanidine groups is 1. The molecule has 0 bridgehead atoms. The van der Waals surface area contributed by atoms with Crippen LogP contribution in [0.25, 0.3) is 12.2 Å². The average molecular weight is 677 g/mol. The van der Waals surface area contributed by atoms with Crippen molar-refractivity contribution >= 4 is 61.2 Å². The largest absolute Gasteiger partial charge is 0.395 e. The van der Waals surface area contributed by atoms with Gasteiger partial charge in [-0.1, -0.05) is 78.9 Å². The Labute approximate surface area is 272 Å². The van der Waals surface area contributed by atoms with Crippen molar-refractivity contribution < 1.29 is 31.0 Å². The Balaban J connectivity index is 1.72. The topological polar surface area (TPSA) is 193 Å². The predicted octanol–water partition coefficient (Wildman–Crippen LogP) is 4.79. The molecule has 0 amide bonds. The number of nitrogens with one attached hydrogen (secondary N) is 3. The molecule has 5 rings (SSSR count). The fourth-order valence-corrected chi connectivity index (χ4v) is 6.49. The molecule has 0 aliphatic carbocycles. The van der Waals surface area contributed by atoms with Crippen molar-refractivity contribution in [3.05, 3.63) is 114 Å². The molecule has 0 saturated carbocycles. The summed E-state index contributed by atoms with van der Waals surface area (Å²) in [5, 5.41) is 17.4. The van der Waals surface area contributed by atoms with Gasteiger partial charge < -0.3 is 15.7 Å². The highest BCUT2D eigenvalue weighted by atomic mass is 32.2. The zero-order valence-electron chi connectivity index (χ0n) is 25.0. The van der Waals surface area contributed by atoms with Gasteiger partial charge in [0.2, 0.25) is 5.96 Å². The molecule has 1 aliphatic heterocycles. The number of aliphatic hydroxyl groups is 1. The third kappa shape index (κ3) is 8.10. The molecule has 0 radical (unpaired) electrons. The summed E-state index contributed by atoms with van der Waals surface area (Å²) in [6.45, 7) is 1.63. The maximum Gasteiger partial charge on any atom is 0.297 e. The Morgan fingerprint density at radius 2 is 1.36 bits per heavy atom. The quantitative estimate of drug-likeness (QED) is 0.0945. The van der Waals surface area contributed by atoms with Crippen molar-refractivity contribution in [2.75, 3.05) is 23.8 Å². The van der Waals surface area contributed by atoms with E-state index in [1.807, 2.05) is 30.3 Å². The summed E-state index contributed by atoms with van der Waals surface area (Å²) in [6, 6.07) is 26.6. The Morgan fingerprint density at radius 1 is 0.766 bits per heavy atom.